The molecule has 0 N–H and O–H groups in total. The molecule has 2 saturated heterocycles. The fourth-order valence-corrected chi connectivity index (χ4v) is 3.75. The zero-order valence-corrected chi connectivity index (χ0v) is 19.2. The SMILES string of the molecule is CC(=O)OC[C@H]1O[C@@H](OC[C@H]2O[C@H]2CI)[C@H](OC(C)=O)[C@@H](OC(C)=O)[C@@H]1OC(C)=O. The summed E-state index contributed by atoms with van der Waals surface area (Å²) in [4.78, 5) is 46.3. The van der Waals surface area contributed by atoms with Crippen LogP contribution >= 0.6 is 22.6 Å². The van der Waals surface area contributed by atoms with Gasteiger partial charge in [0, 0.05) is 32.1 Å². The molecule has 7 atom stereocenters. The van der Waals surface area contributed by atoms with Crippen molar-refractivity contribution < 1.29 is 52.3 Å². The second-order valence-corrected chi connectivity index (χ2v) is 7.65. The first kappa shape index (κ1) is 24.8. The van der Waals surface area contributed by atoms with Gasteiger partial charge >= 0.3 is 23.9 Å². The monoisotopic (exact) mass is 544 g/mol. The minimum atomic E-state index is -1.24. The van der Waals surface area contributed by atoms with Gasteiger partial charge in [-0.1, -0.05) is 22.6 Å². The Bertz CT molecular complexity index is 654. The van der Waals surface area contributed by atoms with Crippen LogP contribution in [0.2, 0.25) is 0 Å². The zero-order valence-electron chi connectivity index (χ0n) is 17.0. The van der Waals surface area contributed by atoms with E-state index in [0.29, 0.717) is 0 Å². The summed E-state index contributed by atoms with van der Waals surface area (Å²) in [6.07, 6.45) is -5.96. The number of carbonyl (C=O) groups excluding carboxylic acids is 4. The van der Waals surface area contributed by atoms with E-state index in [9.17, 15) is 19.2 Å². The minimum absolute atomic E-state index is 0.0521. The summed E-state index contributed by atoms with van der Waals surface area (Å²) in [6, 6.07) is 0. The van der Waals surface area contributed by atoms with Gasteiger partial charge in [-0.25, -0.2) is 0 Å². The number of halogens is 1. The first-order chi connectivity index (χ1) is 14.1. The first-order valence-electron chi connectivity index (χ1n) is 9.25. The maximum Gasteiger partial charge on any atom is 0.303 e. The highest BCUT2D eigenvalue weighted by molar-refractivity contribution is 14.1. The molecule has 0 radical (unpaired) electrons. The maximum atomic E-state index is 11.7. The quantitative estimate of drug-likeness (QED) is 0.130. The van der Waals surface area contributed by atoms with Crippen LogP contribution in [0.25, 0.3) is 0 Å². The van der Waals surface area contributed by atoms with Gasteiger partial charge in [-0.2, -0.15) is 0 Å². The molecule has 0 aliphatic carbocycles. The van der Waals surface area contributed by atoms with Crippen molar-refractivity contribution in [3.8, 4) is 0 Å². The van der Waals surface area contributed by atoms with Crippen LogP contribution in [0.1, 0.15) is 27.7 Å². The molecule has 0 aromatic carbocycles. The molecule has 11 nitrogen and oxygen atoms in total. The predicted molar refractivity (Wildman–Crippen MR) is 105 cm³/mol. The second kappa shape index (κ2) is 11.2. The number of epoxide rings is 1. The van der Waals surface area contributed by atoms with E-state index in [1.54, 1.807) is 0 Å². The zero-order chi connectivity index (χ0) is 22.4. The fourth-order valence-electron chi connectivity index (χ4n) is 2.97. The molecule has 2 aliphatic rings. The molecule has 12 heteroatoms. The van der Waals surface area contributed by atoms with E-state index in [4.69, 9.17) is 33.2 Å². The number of ether oxygens (including phenoxy) is 7. The van der Waals surface area contributed by atoms with Gasteiger partial charge in [0.1, 0.15) is 18.8 Å². The van der Waals surface area contributed by atoms with Crippen molar-refractivity contribution in [1.29, 1.82) is 0 Å². The molecule has 2 aliphatic heterocycles. The third-order valence-electron chi connectivity index (χ3n) is 4.21. The summed E-state index contributed by atoms with van der Waals surface area (Å²) in [7, 11) is 0. The summed E-state index contributed by atoms with van der Waals surface area (Å²) >= 11 is 2.18. The number of carbonyl (C=O) groups is 4. The van der Waals surface area contributed by atoms with Gasteiger partial charge < -0.3 is 33.2 Å². The van der Waals surface area contributed by atoms with Crippen LogP contribution < -0.4 is 0 Å². The summed E-state index contributed by atoms with van der Waals surface area (Å²) in [5.74, 6) is -2.65. The minimum Gasteiger partial charge on any atom is -0.463 e. The van der Waals surface area contributed by atoms with Gasteiger partial charge in [-0.3, -0.25) is 19.2 Å². The Labute approximate surface area is 187 Å². The number of hydrogen-bond donors (Lipinski definition) is 0. The highest BCUT2D eigenvalue weighted by atomic mass is 127. The largest absolute Gasteiger partial charge is 0.463 e. The number of alkyl halides is 1. The molecule has 0 bridgehead atoms. The maximum absolute atomic E-state index is 11.7. The molecule has 0 unspecified atom stereocenters. The van der Waals surface area contributed by atoms with Crippen LogP contribution in [0.5, 0.6) is 0 Å². The van der Waals surface area contributed by atoms with E-state index in [1.807, 2.05) is 0 Å². The molecule has 0 amide bonds. The predicted octanol–water partition coefficient (Wildman–Crippen LogP) is 0.289. The van der Waals surface area contributed by atoms with E-state index < -0.39 is 54.6 Å². The molecule has 0 saturated carbocycles. The van der Waals surface area contributed by atoms with Crippen molar-refractivity contribution in [3.05, 3.63) is 0 Å². The lowest BCUT2D eigenvalue weighted by atomic mass is 9.98. The molecule has 0 aromatic heterocycles. The van der Waals surface area contributed by atoms with Crippen molar-refractivity contribution in [1.82, 2.24) is 0 Å². The van der Waals surface area contributed by atoms with Crippen molar-refractivity contribution in [3.63, 3.8) is 0 Å². The van der Waals surface area contributed by atoms with Crippen molar-refractivity contribution in [2.24, 2.45) is 0 Å². The standard InChI is InChI=1S/C18H25IO11/c1-8(20)24-7-14-15(26-9(2)21)16(27-10(3)22)17(28-11(4)23)18(30-14)25-6-13-12(5-19)29-13/h12-18H,5-7H2,1-4H3/t12-,13+,14+,15+,16-,17+,18+/m0/s1. The molecule has 0 aromatic rings. The number of esters is 4. The average molecular weight is 544 g/mol. The third kappa shape index (κ3) is 7.32. The van der Waals surface area contributed by atoms with E-state index in [2.05, 4.69) is 22.6 Å². The van der Waals surface area contributed by atoms with Crippen LogP contribution in [0.15, 0.2) is 0 Å². The van der Waals surface area contributed by atoms with Gasteiger partial charge in [-0.15, -0.1) is 0 Å². The highest BCUT2D eigenvalue weighted by Crippen LogP contribution is 2.31. The van der Waals surface area contributed by atoms with Crippen LogP contribution in [0, 0.1) is 0 Å². The summed E-state index contributed by atoms with van der Waals surface area (Å²) in [6.45, 7) is 4.54. The van der Waals surface area contributed by atoms with Crippen LogP contribution in [0.3, 0.4) is 0 Å². The van der Waals surface area contributed by atoms with Crippen LogP contribution in [-0.2, 0) is 52.3 Å². The topological polar surface area (TPSA) is 136 Å². The molecule has 2 heterocycles. The van der Waals surface area contributed by atoms with Gasteiger partial charge in [0.25, 0.3) is 0 Å². The van der Waals surface area contributed by atoms with Gasteiger partial charge in [0.05, 0.1) is 12.7 Å². The Morgan fingerprint density at radius 2 is 1.27 bits per heavy atom. The molecule has 0 spiro atoms. The summed E-state index contributed by atoms with van der Waals surface area (Å²) in [5.41, 5.74) is 0. The molecule has 170 valence electrons. The molecular weight excluding hydrogens is 519 g/mol. The van der Waals surface area contributed by atoms with E-state index in [-0.39, 0.29) is 25.4 Å². The number of rotatable bonds is 9. The Morgan fingerprint density at radius 3 is 1.77 bits per heavy atom. The molecule has 2 fully saturated rings. The van der Waals surface area contributed by atoms with Gasteiger partial charge in [0.2, 0.25) is 0 Å². The molecule has 30 heavy (non-hydrogen) atoms. The van der Waals surface area contributed by atoms with Gasteiger partial charge in [-0.05, 0) is 0 Å². The Morgan fingerprint density at radius 1 is 0.700 bits per heavy atom. The van der Waals surface area contributed by atoms with Gasteiger partial charge in [0.15, 0.2) is 24.6 Å². The lowest BCUT2D eigenvalue weighted by molar-refractivity contribution is -0.308. The Balaban J connectivity index is 2.27. The van der Waals surface area contributed by atoms with Crippen LogP contribution in [-0.4, -0.2) is 84.4 Å². The first-order valence-corrected chi connectivity index (χ1v) is 10.8. The lowest BCUT2D eigenvalue weighted by Gasteiger charge is -2.44. The van der Waals surface area contributed by atoms with Crippen molar-refractivity contribution in [2.45, 2.75) is 70.6 Å². The smallest absolute Gasteiger partial charge is 0.303 e. The second-order valence-electron chi connectivity index (χ2n) is 6.77. The fraction of sp³-hybridized carbons (Fsp3) is 0.778. The normalized spacial score (nSPS) is 32.6. The summed E-state index contributed by atoms with van der Waals surface area (Å²) in [5, 5.41) is 0. The molecule has 2 rings (SSSR count). The number of hydrogen-bond acceptors (Lipinski definition) is 11. The average Bonchev–Trinajstić information content (AvgIpc) is 3.40. The summed E-state index contributed by atoms with van der Waals surface area (Å²) < 4.78 is 38.7. The van der Waals surface area contributed by atoms with E-state index in [1.165, 1.54) is 13.8 Å². The Hall–Kier alpha value is -1.51. The molecular formula is C18H25IO11. The third-order valence-corrected chi connectivity index (χ3v) is 5.08. The highest BCUT2D eigenvalue weighted by Gasteiger charge is 2.53. The van der Waals surface area contributed by atoms with Crippen molar-refractivity contribution in [2.75, 3.05) is 17.6 Å². The lowest BCUT2D eigenvalue weighted by Crippen LogP contribution is -2.63. The van der Waals surface area contributed by atoms with E-state index in [0.717, 1.165) is 18.3 Å². The van der Waals surface area contributed by atoms with Crippen molar-refractivity contribution >= 4 is 46.5 Å². The van der Waals surface area contributed by atoms with Crippen LogP contribution in [0.4, 0.5) is 0 Å². The Kier molecular flexibility index (Phi) is 9.25. The van der Waals surface area contributed by atoms with E-state index >= 15 is 0 Å².